The molecular formula is C18H23ClFN3O2S. The van der Waals surface area contributed by atoms with Crippen LogP contribution in [0.5, 0.6) is 0 Å². The number of amides is 2. The maximum atomic E-state index is 13.2. The second-order valence-corrected chi connectivity index (χ2v) is 8.26. The molecule has 26 heavy (non-hydrogen) atoms. The van der Waals surface area contributed by atoms with Crippen molar-refractivity contribution in [1.82, 2.24) is 10.2 Å². The molecular weight excluding hydrogens is 377 g/mol. The summed E-state index contributed by atoms with van der Waals surface area (Å²) in [6.07, 6.45) is 1.80. The number of hydrogen-bond acceptors (Lipinski definition) is 4. The lowest BCUT2D eigenvalue weighted by Crippen LogP contribution is -2.45. The molecule has 8 heteroatoms. The van der Waals surface area contributed by atoms with E-state index in [1.807, 2.05) is 16.7 Å². The van der Waals surface area contributed by atoms with Crippen LogP contribution in [-0.2, 0) is 9.59 Å². The second-order valence-electron chi connectivity index (χ2n) is 6.70. The normalized spacial score (nSPS) is 21.5. The molecule has 0 spiro atoms. The summed E-state index contributed by atoms with van der Waals surface area (Å²) in [6.45, 7) is 2.15. The zero-order valence-electron chi connectivity index (χ0n) is 14.5. The molecule has 0 aliphatic carbocycles. The highest BCUT2D eigenvalue weighted by molar-refractivity contribution is 7.99. The number of rotatable bonds is 4. The van der Waals surface area contributed by atoms with Crippen molar-refractivity contribution in [2.24, 2.45) is 5.92 Å². The molecule has 2 aliphatic heterocycles. The third-order valence-corrected chi connectivity index (χ3v) is 6.25. The lowest BCUT2D eigenvalue weighted by atomic mass is 9.95. The fourth-order valence-corrected chi connectivity index (χ4v) is 4.43. The van der Waals surface area contributed by atoms with Crippen LogP contribution in [-0.4, -0.2) is 53.9 Å². The van der Waals surface area contributed by atoms with E-state index >= 15 is 0 Å². The zero-order valence-corrected chi connectivity index (χ0v) is 16.0. The standard InChI is InChI=1S/C18H23ClFN3O2S/c19-15-9-13(1-2-16(15)20)22-18(25)12-3-6-23(7-4-12)17(24)10-14-11-26-8-5-21-14/h1-2,9,12,14,21H,3-8,10-11H2,(H,22,25). The van der Waals surface area contributed by atoms with Crippen LogP contribution in [0, 0.1) is 11.7 Å². The summed E-state index contributed by atoms with van der Waals surface area (Å²) in [4.78, 5) is 26.7. The average Bonchev–Trinajstić information content (AvgIpc) is 2.65. The van der Waals surface area contributed by atoms with Crippen LogP contribution in [0.4, 0.5) is 10.1 Å². The number of thioether (sulfide) groups is 1. The number of benzene rings is 1. The van der Waals surface area contributed by atoms with Crippen molar-refractivity contribution in [2.75, 3.05) is 36.5 Å². The lowest BCUT2D eigenvalue weighted by Gasteiger charge is -2.33. The van der Waals surface area contributed by atoms with Crippen molar-refractivity contribution in [3.05, 3.63) is 29.0 Å². The van der Waals surface area contributed by atoms with Gasteiger partial charge in [0.15, 0.2) is 0 Å². The summed E-state index contributed by atoms with van der Waals surface area (Å²) in [5, 5.41) is 6.15. The minimum atomic E-state index is -0.512. The molecule has 1 aromatic rings. The lowest BCUT2D eigenvalue weighted by molar-refractivity contribution is -0.134. The van der Waals surface area contributed by atoms with Gasteiger partial charge in [0, 0.05) is 55.2 Å². The molecule has 0 aromatic heterocycles. The molecule has 2 amide bonds. The van der Waals surface area contributed by atoms with Gasteiger partial charge in [-0.2, -0.15) is 11.8 Å². The molecule has 2 heterocycles. The Hall–Kier alpha value is -1.31. The van der Waals surface area contributed by atoms with Crippen LogP contribution >= 0.6 is 23.4 Å². The summed E-state index contributed by atoms with van der Waals surface area (Å²) in [7, 11) is 0. The number of anilines is 1. The first-order chi connectivity index (χ1) is 12.5. The third kappa shape index (κ3) is 5.11. The monoisotopic (exact) mass is 399 g/mol. The third-order valence-electron chi connectivity index (χ3n) is 4.83. The highest BCUT2D eigenvalue weighted by Gasteiger charge is 2.28. The first-order valence-electron chi connectivity index (χ1n) is 8.88. The van der Waals surface area contributed by atoms with Crippen molar-refractivity contribution in [3.63, 3.8) is 0 Å². The Kier molecular flexibility index (Phi) is 6.78. The van der Waals surface area contributed by atoms with Gasteiger partial charge in [0.2, 0.25) is 11.8 Å². The average molecular weight is 400 g/mol. The molecule has 2 aliphatic rings. The van der Waals surface area contributed by atoms with Crippen LogP contribution < -0.4 is 10.6 Å². The number of likely N-dealkylation sites (tertiary alicyclic amines) is 1. The summed E-state index contributed by atoms with van der Waals surface area (Å²) >= 11 is 7.62. The Balaban J connectivity index is 1.45. The number of nitrogens with zero attached hydrogens (tertiary/aromatic N) is 1. The van der Waals surface area contributed by atoms with Crippen molar-refractivity contribution in [2.45, 2.75) is 25.3 Å². The Labute approximate surface area is 162 Å². The maximum Gasteiger partial charge on any atom is 0.227 e. The van der Waals surface area contributed by atoms with Crippen LogP contribution in [0.2, 0.25) is 5.02 Å². The van der Waals surface area contributed by atoms with Crippen LogP contribution in [0.15, 0.2) is 18.2 Å². The number of nitrogens with one attached hydrogen (secondary N) is 2. The zero-order chi connectivity index (χ0) is 18.5. The van der Waals surface area contributed by atoms with E-state index in [4.69, 9.17) is 11.6 Å². The van der Waals surface area contributed by atoms with E-state index in [0.717, 1.165) is 18.1 Å². The Bertz CT molecular complexity index is 662. The highest BCUT2D eigenvalue weighted by Crippen LogP contribution is 2.23. The molecule has 1 aromatic carbocycles. The fraction of sp³-hybridized carbons (Fsp3) is 0.556. The van der Waals surface area contributed by atoms with Crippen molar-refractivity contribution >= 4 is 40.9 Å². The molecule has 1 atom stereocenters. The fourth-order valence-electron chi connectivity index (χ4n) is 3.30. The van der Waals surface area contributed by atoms with Gasteiger partial charge >= 0.3 is 0 Å². The number of carbonyl (C=O) groups is 2. The number of carbonyl (C=O) groups excluding carboxylic acids is 2. The second kappa shape index (κ2) is 9.06. The summed E-state index contributed by atoms with van der Waals surface area (Å²) in [5.74, 6) is 1.47. The first kappa shape index (κ1) is 19.5. The SMILES string of the molecule is O=C(Nc1ccc(F)c(Cl)c1)C1CCN(C(=O)CC2CSCCN2)CC1. The smallest absolute Gasteiger partial charge is 0.227 e. The van der Waals surface area contributed by atoms with E-state index in [1.165, 1.54) is 18.2 Å². The first-order valence-corrected chi connectivity index (χ1v) is 10.4. The van der Waals surface area contributed by atoms with Gasteiger partial charge < -0.3 is 15.5 Å². The molecule has 142 valence electrons. The van der Waals surface area contributed by atoms with Gasteiger partial charge in [0.25, 0.3) is 0 Å². The van der Waals surface area contributed by atoms with E-state index in [9.17, 15) is 14.0 Å². The summed E-state index contributed by atoms with van der Waals surface area (Å²) in [5.41, 5.74) is 0.487. The van der Waals surface area contributed by atoms with Crippen LogP contribution in [0.1, 0.15) is 19.3 Å². The molecule has 2 fully saturated rings. The predicted octanol–water partition coefficient (Wildman–Crippen LogP) is 2.75. The van der Waals surface area contributed by atoms with Crippen molar-refractivity contribution in [1.29, 1.82) is 0 Å². The Morgan fingerprint density at radius 2 is 2.12 bits per heavy atom. The van der Waals surface area contributed by atoms with Gasteiger partial charge in [-0.1, -0.05) is 11.6 Å². The van der Waals surface area contributed by atoms with Gasteiger partial charge in [0.05, 0.1) is 5.02 Å². The molecule has 3 rings (SSSR count). The number of hydrogen-bond donors (Lipinski definition) is 2. The van der Waals surface area contributed by atoms with Crippen LogP contribution in [0.3, 0.4) is 0 Å². The van der Waals surface area contributed by atoms with Crippen molar-refractivity contribution in [3.8, 4) is 0 Å². The largest absolute Gasteiger partial charge is 0.343 e. The van der Waals surface area contributed by atoms with E-state index < -0.39 is 5.82 Å². The van der Waals surface area contributed by atoms with Gasteiger partial charge in [0.1, 0.15) is 5.82 Å². The Morgan fingerprint density at radius 3 is 2.77 bits per heavy atom. The number of halogens is 2. The summed E-state index contributed by atoms with van der Waals surface area (Å²) in [6, 6.07) is 4.39. The molecule has 0 bridgehead atoms. The van der Waals surface area contributed by atoms with E-state index in [-0.39, 0.29) is 28.8 Å². The van der Waals surface area contributed by atoms with E-state index in [1.54, 1.807) is 0 Å². The minimum Gasteiger partial charge on any atom is -0.343 e. The summed E-state index contributed by atoms with van der Waals surface area (Å²) < 4.78 is 13.2. The molecule has 5 nitrogen and oxygen atoms in total. The molecule has 2 saturated heterocycles. The van der Waals surface area contributed by atoms with Gasteiger partial charge in [-0.15, -0.1) is 0 Å². The highest BCUT2D eigenvalue weighted by atomic mass is 35.5. The maximum absolute atomic E-state index is 13.2. The van der Waals surface area contributed by atoms with Gasteiger partial charge in [-0.05, 0) is 31.0 Å². The predicted molar refractivity (Wildman–Crippen MR) is 103 cm³/mol. The molecule has 2 N–H and O–H groups in total. The molecule has 0 saturated carbocycles. The topological polar surface area (TPSA) is 61.4 Å². The van der Waals surface area contributed by atoms with Crippen LogP contribution in [0.25, 0.3) is 0 Å². The quantitative estimate of drug-likeness (QED) is 0.817. The minimum absolute atomic E-state index is 0.0160. The van der Waals surface area contributed by atoms with Crippen molar-refractivity contribution < 1.29 is 14.0 Å². The molecule has 0 radical (unpaired) electrons. The van der Waals surface area contributed by atoms with E-state index in [0.29, 0.717) is 38.0 Å². The van der Waals surface area contributed by atoms with Gasteiger partial charge in [-0.3, -0.25) is 9.59 Å². The van der Waals surface area contributed by atoms with Gasteiger partial charge in [-0.25, -0.2) is 4.39 Å². The Morgan fingerprint density at radius 1 is 1.35 bits per heavy atom. The number of piperidine rings is 1. The van der Waals surface area contributed by atoms with E-state index in [2.05, 4.69) is 10.6 Å². The molecule has 1 unspecified atom stereocenters.